The van der Waals surface area contributed by atoms with Crippen molar-refractivity contribution >= 4 is 6.09 Å². The van der Waals surface area contributed by atoms with Crippen molar-refractivity contribution < 1.29 is 18.3 Å². The predicted octanol–water partition coefficient (Wildman–Crippen LogP) is 1.40. The van der Waals surface area contributed by atoms with Crippen LogP contribution in [0.3, 0.4) is 0 Å². The summed E-state index contributed by atoms with van der Waals surface area (Å²) in [5.74, 6) is -2.10. The van der Waals surface area contributed by atoms with Crippen molar-refractivity contribution in [3.8, 4) is 5.75 Å². The zero-order valence-corrected chi connectivity index (χ0v) is 8.50. The lowest BCUT2D eigenvalue weighted by Crippen LogP contribution is -2.28. The lowest BCUT2D eigenvalue weighted by atomic mass is 10.3. The van der Waals surface area contributed by atoms with Crippen LogP contribution in [-0.2, 0) is 0 Å². The third-order valence-electron chi connectivity index (χ3n) is 1.75. The van der Waals surface area contributed by atoms with Gasteiger partial charge in [0, 0.05) is 12.6 Å². The minimum atomic E-state index is -1.06. The molecule has 0 aliphatic rings. The number of nitrogens with one attached hydrogen (secondary N) is 1. The summed E-state index contributed by atoms with van der Waals surface area (Å²) in [6, 6.07) is 2.86. The fraction of sp³-hybridized carbons (Fsp3) is 0.300. The van der Waals surface area contributed by atoms with Crippen LogP contribution in [0.4, 0.5) is 13.6 Å². The summed E-state index contributed by atoms with van der Waals surface area (Å²) < 4.78 is 30.0. The molecule has 4 nitrogen and oxygen atoms in total. The molecule has 0 saturated heterocycles. The number of nitrogens with two attached hydrogens (primary N) is 1. The van der Waals surface area contributed by atoms with Crippen LogP contribution in [0.5, 0.6) is 5.75 Å². The number of ether oxygens (including phenoxy) is 1. The molecule has 88 valence electrons. The Morgan fingerprint density at radius 3 is 2.75 bits per heavy atom. The van der Waals surface area contributed by atoms with E-state index in [1.165, 1.54) is 6.07 Å². The molecule has 0 spiro atoms. The first kappa shape index (κ1) is 12.4. The molecule has 6 heteroatoms. The normalized spacial score (nSPS) is 9.94. The minimum absolute atomic E-state index is 0.0517. The molecule has 1 amide bonds. The number of hydrogen-bond donors (Lipinski definition) is 2. The molecular weight excluding hydrogens is 218 g/mol. The molecule has 3 N–H and O–H groups in total. The molecule has 0 heterocycles. The highest BCUT2D eigenvalue weighted by Crippen LogP contribution is 2.15. The monoisotopic (exact) mass is 230 g/mol. The highest BCUT2D eigenvalue weighted by molar-refractivity contribution is 5.70. The maximum atomic E-state index is 12.7. The van der Waals surface area contributed by atoms with Crippen LogP contribution in [0, 0.1) is 11.6 Å². The first-order valence-corrected chi connectivity index (χ1v) is 4.74. The van der Waals surface area contributed by atoms with Crippen LogP contribution in [0.15, 0.2) is 18.2 Å². The van der Waals surface area contributed by atoms with Gasteiger partial charge in [-0.15, -0.1) is 0 Å². The zero-order chi connectivity index (χ0) is 12.0. The second-order valence-electron chi connectivity index (χ2n) is 3.03. The quantitative estimate of drug-likeness (QED) is 0.768. The Morgan fingerprint density at radius 2 is 2.12 bits per heavy atom. The van der Waals surface area contributed by atoms with Crippen molar-refractivity contribution in [2.45, 2.75) is 6.42 Å². The number of carbonyl (C=O) groups excluding carboxylic acids is 1. The van der Waals surface area contributed by atoms with Gasteiger partial charge in [-0.3, -0.25) is 0 Å². The summed E-state index contributed by atoms with van der Waals surface area (Å²) in [7, 11) is 0. The average Bonchev–Trinajstić information content (AvgIpc) is 2.24. The van der Waals surface area contributed by atoms with Crippen molar-refractivity contribution in [1.29, 1.82) is 0 Å². The number of carbonyl (C=O) groups is 1. The Bertz CT molecular complexity index is 372. The lowest BCUT2D eigenvalue weighted by molar-refractivity contribution is 0.200. The van der Waals surface area contributed by atoms with Crippen LogP contribution in [-0.4, -0.2) is 19.2 Å². The molecule has 1 aromatic rings. The van der Waals surface area contributed by atoms with E-state index in [1.807, 2.05) is 0 Å². The van der Waals surface area contributed by atoms with E-state index in [9.17, 15) is 13.6 Å². The molecule has 1 aromatic carbocycles. The first-order valence-electron chi connectivity index (χ1n) is 4.74. The lowest BCUT2D eigenvalue weighted by Gasteiger charge is -2.05. The van der Waals surface area contributed by atoms with Crippen molar-refractivity contribution in [3.63, 3.8) is 0 Å². The summed E-state index contributed by atoms with van der Waals surface area (Å²) >= 11 is 0. The van der Waals surface area contributed by atoms with Gasteiger partial charge in [-0.05, 0) is 25.1 Å². The van der Waals surface area contributed by atoms with Gasteiger partial charge in [-0.1, -0.05) is 0 Å². The molecule has 0 bridgehead atoms. The predicted molar refractivity (Wildman–Crippen MR) is 54.1 cm³/mol. The fourth-order valence-electron chi connectivity index (χ4n) is 0.976. The van der Waals surface area contributed by atoms with E-state index in [0.29, 0.717) is 19.5 Å². The Kier molecular flexibility index (Phi) is 4.65. The molecule has 0 radical (unpaired) electrons. The summed E-state index contributed by atoms with van der Waals surface area (Å²) in [5.41, 5.74) is 5.22. The van der Waals surface area contributed by atoms with Crippen molar-refractivity contribution in [2.75, 3.05) is 13.1 Å². The summed E-state index contributed by atoms with van der Waals surface area (Å²) in [6.07, 6.45) is -0.105. The third kappa shape index (κ3) is 3.82. The van der Waals surface area contributed by atoms with E-state index in [-0.39, 0.29) is 5.75 Å². The van der Waals surface area contributed by atoms with E-state index < -0.39 is 17.7 Å². The van der Waals surface area contributed by atoms with E-state index >= 15 is 0 Å². The molecule has 0 aromatic heterocycles. The second kappa shape index (κ2) is 6.02. The van der Waals surface area contributed by atoms with Gasteiger partial charge >= 0.3 is 6.09 Å². The first-order chi connectivity index (χ1) is 7.63. The Morgan fingerprint density at radius 1 is 1.38 bits per heavy atom. The molecular formula is C10H12F2N2O2. The van der Waals surface area contributed by atoms with Crippen molar-refractivity contribution in [3.05, 3.63) is 29.8 Å². The van der Waals surface area contributed by atoms with Crippen LogP contribution >= 0.6 is 0 Å². The van der Waals surface area contributed by atoms with Gasteiger partial charge in [0.25, 0.3) is 0 Å². The number of halogens is 2. The third-order valence-corrected chi connectivity index (χ3v) is 1.75. The Balaban J connectivity index is 2.46. The van der Waals surface area contributed by atoms with E-state index in [0.717, 1.165) is 12.1 Å². The number of amides is 1. The van der Waals surface area contributed by atoms with Gasteiger partial charge in [0.05, 0.1) is 0 Å². The zero-order valence-electron chi connectivity index (χ0n) is 8.50. The van der Waals surface area contributed by atoms with Gasteiger partial charge in [0.2, 0.25) is 0 Å². The smallest absolute Gasteiger partial charge is 0.410 e. The number of benzene rings is 1. The van der Waals surface area contributed by atoms with E-state index in [4.69, 9.17) is 10.5 Å². The Labute approximate surface area is 91.4 Å². The molecule has 0 atom stereocenters. The standard InChI is InChI=1S/C10H12F2N2O2/c11-8-3-2-7(6-9(8)12)16-10(15)14-5-1-4-13/h2-3,6H,1,4-5,13H2,(H,14,15). The number of hydrogen-bond acceptors (Lipinski definition) is 3. The molecule has 0 saturated carbocycles. The van der Waals surface area contributed by atoms with E-state index in [1.54, 1.807) is 0 Å². The molecule has 0 aliphatic heterocycles. The largest absolute Gasteiger partial charge is 0.412 e. The molecule has 0 aliphatic carbocycles. The topological polar surface area (TPSA) is 64.3 Å². The summed E-state index contributed by atoms with van der Waals surface area (Å²) in [6.45, 7) is 0.824. The van der Waals surface area contributed by atoms with Gasteiger partial charge < -0.3 is 15.8 Å². The van der Waals surface area contributed by atoms with Crippen molar-refractivity contribution in [2.24, 2.45) is 5.73 Å². The second-order valence-corrected chi connectivity index (χ2v) is 3.03. The highest BCUT2D eigenvalue weighted by Gasteiger charge is 2.07. The maximum absolute atomic E-state index is 12.7. The fourth-order valence-corrected chi connectivity index (χ4v) is 0.976. The summed E-state index contributed by atoms with van der Waals surface area (Å²) in [5, 5.41) is 2.41. The van der Waals surface area contributed by atoms with Gasteiger partial charge in [-0.25, -0.2) is 13.6 Å². The summed E-state index contributed by atoms with van der Waals surface area (Å²) in [4.78, 5) is 11.1. The van der Waals surface area contributed by atoms with Gasteiger partial charge in [0.1, 0.15) is 5.75 Å². The average molecular weight is 230 g/mol. The molecule has 1 rings (SSSR count). The SMILES string of the molecule is NCCCNC(=O)Oc1ccc(F)c(F)c1. The van der Waals surface area contributed by atoms with E-state index in [2.05, 4.69) is 5.32 Å². The van der Waals surface area contributed by atoms with Crippen LogP contribution in [0.2, 0.25) is 0 Å². The maximum Gasteiger partial charge on any atom is 0.412 e. The number of rotatable bonds is 4. The van der Waals surface area contributed by atoms with Gasteiger partial charge in [0.15, 0.2) is 11.6 Å². The Hall–Kier alpha value is -1.69. The molecule has 0 unspecified atom stereocenters. The molecule has 16 heavy (non-hydrogen) atoms. The van der Waals surface area contributed by atoms with Gasteiger partial charge in [-0.2, -0.15) is 0 Å². The minimum Gasteiger partial charge on any atom is -0.410 e. The van der Waals surface area contributed by atoms with Crippen molar-refractivity contribution in [1.82, 2.24) is 5.32 Å². The highest BCUT2D eigenvalue weighted by atomic mass is 19.2. The van der Waals surface area contributed by atoms with Crippen LogP contribution < -0.4 is 15.8 Å². The van der Waals surface area contributed by atoms with Crippen LogP contribution in [0.25, 0.3) is 0 Å². The molecule has 0 fully saturated rings. The van der Waals surface area contributed by atoms with Crippen LogP contribution in [0.1, 0.15) is 6.42 Å².